The molecular weight excluding hydrogens is 430 g/mol. The number of aryl methyl sites for hydroxylation is 2. The van der Waals surface area contributed by atoms with Gasteiger partial charge in [0.2, 0.25) is 5.91 Å². The van der Waals surface area contributed by atoms with Crippen LogP contribution in [0, 0.1) is 19.8 Å². The summed E-state index contributed by atoms with van der Waals surface area (Å²) in [6.07, 6.45) is 1.98. The van der Waals surface area contributed by atoms with Gasteiger partial charge in [0.15, 0.2) is 0 Å². The molecule has 0 spiro atoms. The molecule has 7 heteroatoms. The number of nitrogens with one attached hydrogen (secondary N) is 2. The fourth-order valence-corrected chi connectivity index (χ4v) is 4.28. The van der Waals surface area contributed by atoms with Crippen molar-refractivity contribution in [2.45, 2.75) is 39.2 Å². The van der Waals surface area contributed by atoms with Gasteiger partial charge in [0.05, 0.1) is 0 Å². The molecule has 2 N–H and O–H groups in total. The molecule has 2 aromatic carbocycles. The van der Waals surface area contributed by atoms with E-state index in [0.717, 1.165) is 11.1 Å². The monoisotopic (exact) mass is 465 g/mol. The molecule has 1 atom stereocenters. The third-order valence-electron chi connectivity index (χ3n) is 6.38. The molecule has 3 rings (SSSR count). The molecule has 0 aromatic heterocycles. The van der Waals surface area contributed by atoms with Crippen LogP contribution < -0.4 is 10.6 Å². The third kappa shape index (κ3) is 6.67. The highest BCUT2D eigenvalue weighted by atomic mass is 16.5. The van der Waals surface area contributed by atoms with Gasteiger partial charge in [-0.3, -0.25) is 14.4 Å². The molecule has 3 amide bonds. The zero-order chi connectivity index (χ0) is 24.5. The second-order valence-corrected chi connectivity index (χ2v) is 8.90. The van der Waals surface area contributed by atoms with E-state index in [9.17, 15) is 14.4 Å². The minimum atomic E-state index is -0.660. The Morgan fingerprint density at radius 3 is 2.35 bits per heavy atom. The molecule has 0 aliphatic carbocycles. The number of benzene rings is 2. The summed E-state index contributed by atoms with van der Waals surface area (Å²) in [5.41, 5.74) is 3.25. The van der Waals surface area contributed by atoms with Crippen LogP contribution in [-0.4, -0.2) is 62.0 Å². The van der Waals surface area contributed by atoms with Crippen molar-refractivity contribution in [2.24, 2.45) is 5.92 Å². The molecule has 0 unspecified atom stereocenters. The fraction of sp³-hybridized carbons (Fsp3) is 0.444. The molecule has 1 heterocycles. The van der Waals surface area contributed by atoms with Gasteiger partial charge in [-0.1, -0.05) is 35.9 Å². The molecule has 0 saturated carbocycles. The zero-order valence-corrected chi connectivity index (χ0v) is 20.3. The van der Waals surface area contributed by atoms with E-state index in [1.807, 2.05) is 55.1 Å². The van der Waals surface area contributed by atoms with E-state index in [0.29, 0.717) is 56.6 Å². The first-order valence-corrected chi connectivity index (χ1v) is 11.9. The summed E-state index contributed by atoms with van der Waals surface area (Å²) < 4.78 is 5.05. The summed E-state index contributed by atoms with van der Waals surface area (Å²) in [6.45, 7) is 6.03. The fourth-order valence-electron chi connectivity index (χ4n) is 4.28. The molecule has 2 aromatic rings. The van der Waals surface area contributed by atoms with E-state index < -0.39 is 6.04 Å². The number of carbonyl (C=O) groups excluding carboxylic acids is 3. The van der Waals surface area contributed by atoms with E-state index in [1.165, 1.54) is 0 Å². The van der Waals surface area contributed by atoms with Crippen LogP contribution in [0.5, 0.6) is 0 Å². The number of likely N-dealkylation sites (tertiary alicyclic amines) is 1. The standard InChI is InChI=1S/C27H35N3O4/c1-19-9-11-22(12-10-19)25(31)29-24(26(32)28-15-6-18-34-3)21-13-16-30(17-14-21)27(33)23-8-5-4-7-20(23)2/h4-5,7-12,21,24H,6,13-18H2,1-3H3,(H,28,32)(H,29,31)/t24-/m0/s1. The van der Waals surface area contributed by atoms with Crippen LogP contribution in [0.4, 0.5) is 0 Å². The van der Waals surface area contributed by atoms with E-state index in [-0.39, 0.29) is 23.6 Å². The van der Waals surface area contributed by atoms with Crippen molar-refractivity contribution in [1.82, 2.24) is 15.5 Å². The van der Waals surface area contributed by atoms with Crippen molar-refractivity contribution in [2.75, 3.05) is 33.4 Å². The van der Waals surface area contributed by atoms with Crippen LogP contribution in [0.1, 0.15) is 51.1 Å². The Hall–Kier alpha value is -3.19. The first-order chi connectivity index (χ1) is 16.4. The van der Waals surface area contributed by atoms with Gasteiger partial charge in [0.25, 0.3) is 11.8 Å². The van der Waals surface area contributed by atoms with Crippen molar-refractivity contribution in [1.29, 1.82) is 0 Å². The lowest BCUT2D eigenvalue weighted by molar-refractivity contribution is -0.124. The number of methoxy groups -OCH3 is 1. The van der Waals surface area contributed by atoms with Crippen molar-refractivity contribution in [3.8, 4) is 0 Å². The number of hydrogen-bond donors (Lipinski definition) is 2. The van der Waals surface area contributed by atoms with Gasteiger partial charge in [-0.05, 0) is 62.8 Å². The number of ether oxygens (including phenoxy) is 1. The first-order valence-electron chi connectivity index (χ1n) is 11.9. The maximum atomic E-state index is 13.1. The second kappa shape index (κ2) is 12.3. The van der Waals surface area contributed by atoms with Crippen LogP contribution in [0.25, 0.3) is 0 Å². The third-order valence-corrected chi connectivity index (χ3v) is 6.38. The summed E-state index contributed by atoms with van der Waals surface area (Å²) >= 11 is 0. The van der Waals surface area contributed by atoms with Crippen LogP contribution >= 0.6 is 0 Å². The normalized spacial score (nSPS) is 15.0. The number of hydrogen-bond acceptors (Lipinski definition) is 4. The average Bonchev–Trinajstić information content (AvgIpc) is 2.85. The Morgan fingerprint density at radius 2 is 1.71 bits per heavy atom. The van der Waals surface area contributed by atoms with Gasteiger partial charge in [-0.2, -0.15) is 0 Å². The minimum absolute atomic E-state index is 0.0146. The van der Waals surface area contributed by atoms with Crippen LogP contribution in [-0.2, 0) is 9.53 Å². The SMILES string of the molecule is COCCCNC(=O)[C@@H](NC(=O)c1ccc(C)cc1)C1CCN(C(=O)c2ccccc2C)CC1. The highest BCUT2D eigenvalue weighted by Crippen LogP contribution is 2.24. The Bertz CT molecular complexity index is 982. The van der Waals surface area contributed by atoms with E-state index >= 15 is 0 Å². The molecule has 1 aliphatic rings. The van der Waals surface area contributed by atoms with Crippen molar-refractivity contribution in [3.63, 3.8) is 0 Å². The maximum absolute atomic E-state index is 13.1. The number of carbonyl (C=O) groups is 3. The lowest BCUT2D eigenvalue weighted by Crippen LogP contribution is -2.54. The largest absolute Gasteiger partial charge is 0.385 e. The minimum Gasteiger partial charge on any atom is -0.385 e. The lowest BCUT2D eigenvalue weighted by atomic mass is 9.88. The van der Waals surface area contributed by atoms with Crippen molar-refractivity contribution < 1.29 is 19.1 Å². The van der Waals surface area contributed by atoms with Gasteiger partial charge < -0.3 is 20.3 Å². The van der Waals surface area contributed by atoms with E-state index in [2.05, 4.69) is 10.6 Å². The second-order valence-electron chi connectivity index (χ2n) is 8.90. The average molecular weight is 466 g/mol. The Morgan fingerprint density at radius 1 is 1.03 bits per heavy atom. The van der Waals surface area contributed by atoms with Crippen LogP contribution in [0.2, 0.25) is 0 Å². The topological polar surface area (TPSA) is 87.7 Å². The summed E-state index contributed by atoms with van der Waals surface area (Å²) in [7, 11) is 1.62. The Balaban J connectivity index is 1.67. The zero-order valence-electron chi connectivity index (χ0n) is 20.3. The van der Waals surface area contributed by atoms with Crippen LogP contribution in [0.3, 0.4) is 0 Å². The van der Waals surface area contributed by atoms with Gasteiger partial charge in [-0.25, -0.2) is 0 Å². The highest BCUT2D eigenvalue weighted by molar-refractivity contribution is 5.98. The smallest absolute Gasteiger partial charge is 0.254 e. The predicted octanol–water partition coefficient (Wildman–Crippen LogP) is 3.11. The first kappa shape index (κ1) is 25.4. The van der Waals surface area contributed by atoms with Crippen LogP contribution in [0.15, 0.2) is 48.5 Å². The van der Waals surface area contributed by atoms with Crippen molar-refractivity contribution in [3.05, 3.63) is 70.8 Å². The quantitative estimate of drug-likeness (QED) is 0.557. The Kier molecular flexibility index (Phi) is 9.22. The molecule has 1 saturated heterocycles. The molecule has 7 nitrogen and oxygen atoms in total. The molecule has 1 fully saturated rings. The number of nitrogens with zero attached hydrogens (tertiary/aromatic N) is 1. The molecule has 0 bridgehead atoms. The number of rotatable bonds is 9. The van der Waals surface area contributed by atoms with Crippen molar-refractivity contribution >= 4 is 17.7 Å². The molecule has 182 valence electrons. The Labute approximate surface area is 201 Å². The number of piperidine rings is 1. The van der Waals surface area contributed by atoms with E-state index in [1.54, 1.807) is 19.2 Å². The summed E-state index contributed by atoms with van der Waals surface area (Å²) in [4.78, 5) is 40.8. The van der Waals surface area contributed by atoms with E-state index in [4.69, 9.17) is 4.74 Å². The highest BCUT2D eigenvalue weighted by Gasteiger charge is 2.34. The molecular formula is C27H35N3O4. The summed E-state index contributed by atoms with van der Waals surface area (Å²) in [5, 5.41) is 5.90. The van der Waals surface area contributed by atoms with Gasteiger partial charge in [0.1, 0.15) is 6.04 Å². The van der Waals surface area contributed by atoms with Gasteiger partial charge >= 0.3 is 0 Å². The van der Waals surface area contributed by atoms with Gasteiger partial charge in [-0.15, -0.1) is 0 Å². The summed E-state index contributed by atoms with van der Waals surface area (Å²) in [5.74, 6) is -0.505. The maximum Gasteiger partial charge on any atom is 0.254 e. The molecule has 1 aliphatic heterocycles. The lowest BCUT2D eigenvalue weighted by Gasteiger charge is -2.36. The van der Waals surface area contributed by atoms with Gasteiger partial charge in [0, 0.05) is 44.5 Å². The molecule has 34 heavy (non-hydrogen) atoms. The summed E-state index contributed by atoms with van der Waals surface area (Å²) in [6, 6.07) is 14.2. The number of amides is 3. The predicted molar refractivity (Wildman–Crippen MR) is 132 cm³/mol. The molecule has 0 radical (unpaired) electrons.